The van der Waals surface area contributed by atoms with Crippen molar-refractivity contribution < 1.29 is 22.3 Å². The Hall–Kier alpha value is -2.11. The zero-order valence-electron chi connectivity index (χ0n) is 14.0. The van der Waals surface area contributed by atoms with Crippen LogP contribution in [-0.2, 0) is 14.8 Å². The zero-order chi connectivity index (χ0) is 18.7. The van der Waals surface area contributed by atoms with E-state index in [1.54, 1.807) is 17.0 Å². The van der Waals surface area contributed by atoms with Gasteiger partial charge in [0, 0.05) is 31.7 Å². The van der Waals surface area contributed by atoms with Gasteiger partial charge in [0.2, 0.25) is 10.0 Å². The molecule has 140 valence electrons. The molecule has 2 aromatic rings. The van der Waals surface area contributed by atoms with Crippen molar-refractivity contribution in [2.24, 2.45) is 0 Å². The van der Waals surface area contributed by atoms with Gasteiger partial charge in [0.1, 0.15) is 11.5 Å². The van der Waals surface area contributed by atoms with Crippen LogP contribution in [0.4, 0.5) is 4.39 Å². The molecular weight excluding hydrogens is 383 g/mol. The van der Waals surface area contributed by atoms with Gasteiger partial charge in [-0.1, -0.05) is 12.1 Å². The Balaban J connectivity index is 1.59. The fraction of sp³-hybridized carbons (Fsp3) is 0.400. The van der Waals surface area contributed by atoms with Crippen molar-refractivity contribution in [1.29, 1.82) is 0 Å². The molecule has 1 amide bonds. The van der Waals surface area contributed by atoms with Crippen molar-refractivity contribution in [3.8, 4) is 17.1 Å². The Morgan fingerprint density at radius 1 is 1.27 bits per heavy atom. The van der Waals surface area contributed by atoms with Gasteiger partial charge in [0.05, 0.1) is 18.0 Å². The Morgan fingerprint density at radius 3 is 2.65 bits per heavy atom. The molecule has 1 aromatic heterocycles. The number of ether oxygens (including phenoxy) is 1. The molecule has 1 saturated heterocycles. The highest BCUT2D eigenvalue weighted by atomic mass is 32.2. The van der Waals surface area contributed by atoms with E-state index in [1.165, 1.54) is 16.4 Å². The van der Waals surface area contributed by atoms with Crippen LogP contribution in [0.3, 0.4) is 0 Å². The zero-order valence-corrected chi connectivity index (χ0v) is 15.6. The van der Waals surface area contributed by atoms with Gasteiger partial charge in [-0.15, -0.1) is 4.37 Å². The summed E-state index contributed by atoms with van der Waals surface area (Å²) in [6, 6.07) is 5.87. The van der Waals surface area contributed by atoms with Crippen molar-refractivity contribution in [1.82, 2.24) is 18.0 Å². The van der Waals surface area contributed by atoms with Gasteiger partial charge in [-0.25, -0.2) is 12.8 Å². The van der Waals surface area contributed by atoms with Gasteiger partial charge < -0.3 is 9.64 Å². The summed E-state index contributed by atoms with van der Waals surface area (Å²) >= 11 is 0.911. The van der Waals surface area contributed by atoms with E-state index in [0.717, 1.165) is 18.0 Å². The summed E-state index contributed by atoms with van der Waals surface area (Å²) in [4.78, 5) is 13.8. The number of rotatable bonds is 5. The fourth-order valence-corrected chi connectivity index (χ4v) is 3.92. The van der Waals surface area contributed by atoms with Crippen LogP contribution >= 0.6 is 11.7 Å². The highest BCUT2D eigenvalue weighted by Crippen LogP contribution is 2.28. The van der Waals surface area contributed by atoms with Crippen molar-refractivity contribution in [3.63, 3.8) is 0 Å². The van der Waals surface area contributed by atoms with Crippen molar-refractivity contribution >= 4 is 27.7 Å². The summed E-state index contributed by atoms with van der Waals surface area (Å²) in [6.45, 7) is 0.893. The summed E-state index contributed by atoms with van der Waals surface area (Å²) in [5.74, 6) is -0.499. The second kappa shape index (κ2) is 7.64. The van der Waals surface area contributed by atoms with Crippen molar-refractivity contribution in [2.75, 3.05) is 39.0 Å². The highest BCUT2D eigenvalue weighted by Gasteiger charge is 2.26. The molecule has 26 heavy (non-hydrogen) atoms. The maximum absolute atomic E-state index is 13.4. The Morgan fingerprint density at radius 2 is 2.00 bits per heavy atom. The monoisotopic (exact) mass is 400 g/mol. The third kappa shape index (κ3) is 4.34. The minimum Gasteiger partial charge on any atom is -0.465 e. The molecule has 1 aliphatic heterocycles. The van der Waals surface area contributed by atoms with E-state index >= 15 is 0 Å². The first-order valence-corrected chi connectivity index (χ1v) is 10.4. The molecule has 0 N–H and O–H groups in total. The van der Waals surface area contributed by atoms with Gasteiger partial charge in [-0.2, -0.15) is 8.68 Å². The number of sulfonamides is 1. The van der Waals surface area contributed by atoms with Crippen LogP contribution in [0.1, 0.15) is 0 Å². The van der Waals surface area contributed by atoms with Gasteiger partial charge in [0.15, 0.2) is 6.61 Å². The SMILES string of the molecule is CS(=O)(=O)N1CCN(C(=O)COc2nsnc2-c2cccc(F)c2)CC1. The van der Waals surface area contributed by atoms with Crippen molar-refractivity contribution in [2.45, 2.75) is 0 Å². The molecule has 3 rings (SSSR count). The van der Waals surface area contributed by atoms with Gasteiger partial charge in [0.25, 0.3) is 11.8 Å². The minimum atomic E-state index is -3.25. The lowest BCUT2D eigenvalue weighted by Gasteiger charge is -2.33. The number of hydrogen-bond acceptors (Lipinski definition) is 7. The summed E-state index contributed by atoms with van der Waals surface area (Å²) in [7, 11) is -3.25. The van der Waals surface area contributed by atoms with Crippen LogP contribution in [0.5, 0.6) is 5.88 Å². The molecule has 0 saturated carbocycles. The topological polar surface area (TPSA) is 92.7 Å². The molecule has 0 bridgehead atoms. The van der Waals surface area contributed by atoms with E-state index < -0.39 is 15.8 Å². The third-order valence-corrected chi connectivity index (χ3v) is 5.76. The number of benzene rings is 1. The molecule has 0 radical (unpaired) electrons. The molecule has 0 atom stereocenters. The molecule has 0 aliphatic carbocycles. The van der Waals surface area contributed by atoms with Gasteiger partial charge in [-0.3, -0.25) is 4.79 Å². The average Bonchev–Trinajstić information content (AvgIpc) is 3.07. The second-order valence-electron chi connectivity index (χ2n) is 5.76. The predicted octanol–water partition coefficient (Wildman–Crippen LogP) is 0.827. The van der Waals surface area contributed by atoms with Crippen LogP contribution in [0.2, 0.25) is 0 Å². The minimum absolute atomic E-state index is 0.170. The molecule has 0 unspecified atom stereocenters. The maximum atomic E-state index is 13.4. The number of aromatic nitrogens is 2. The normalized spacial score (nSPS) is 15.8. The first-order chi connectivity index (χ1) is 12.3. The summed E-state index contributed by atoms with van der Waals surface area (Å²) < 4.78 is 51.3. The molecular formula is C15H17FN4O4S2. The maximum Gasteiger partial charge on any atom is 0.260 e. The molecule has 1 aromatic carbocycles. The lowest BCUT2D eigenvalue weighted by Crippen LogP contribution is -2.51. The number of nitrogens with zero attached hydrogens (tertiary/aromatic N) is 4. The first kappa shape index (κ1) is 18.7. The summed E-state index contributed by atoms with van der Waals surface area (Å²) in [6.07, 6.45) is 1.15. The third-order valence-electron chi connectivity index (χ3n) is 3.95. The van der Waals surface area contributed by atoms with E-state index in [4.69, 9.17) is 4.74 Å². The molecule has 1 aliphatic rings. The molecule has 0 spiro atoms. The van der Waals surface area contributed by atoms with Gasteiger partial charge in [-0.05, 0) is 12.1 Å². The lowest BCUT2D eigenvalue weighted by molar-refractivity contribution is -0.134. The van der Waals surface area contributed by atoms with E-state index in [1.807, 2.05) is 0 Å². The van der Waals surface area contributed by atoms with Crippen LogP contribution in [0.15, 0.2) is 24.3 Å². The molecule has 1 fully saturated rings. The number of halogens is 1. The van der Waals surface area contributed by atoms with Crippen LogP contribution in [0, 0.1) is 5.82 Å². The van der Waals surface area contributed by atoms with E-state index in [0.29, 0.717) is 24.3 Å². The standard InChI is InChI=1S/C15H17FN4O4S2/c1-26(22,23)20-7-5-19(6-8-20)13(21)10-24-15-14(17-25-18-15)11-3-2-4-12(16)9-11/h2-4,9H,5-8,10H2,1H3. The Kier molecular flexibility index (Phi) is 5.49. The molecule has 11 heteroatoms. The second-order valence-corrected chi connectivity index (χ2v) is 8.27. The van der Waals surface area contributed by atoms with Crippen LogP contribution in [-0.4, -0.2) is 71.3 Å². The first-order valence-electron chi connectivity index (χ1n) is 7.79. The quantitative estimate of drug-likeness (QED) is 0.738. The van der Waals surface area contributed by atoms with Crippen molar-refractivity contribution in [3.05, 3.63) is 30.1 Å². The van der Waals surface area contributed by atoms with E-state index in [2.05, 4.69) is 8.75 Å². The number of hydrogen-bond donors (Lipinski definition) is 0. The van der Waals surface area contributed by atoms with E-state index in [9.17, 15) is 17.6 Å². The predicted molar refractivity (Wildman–Crippen MR) is 93.8 cm³/mol. The highest BCUT2D eigenvalue weighted by molar-refractivity contribution is 7.88. The van der Waals surface area contributed by atoms with Gasteiger partial charge >= 0.3 is 0 Å². The summed E-state index contributed by atoms with van der Waals surface area (Å²) in [5, 5.41) is 0. The average molecular weight is 400 g/mol. The molecule has 8 nitrogen and oxygen atoms in total. The Labute approximate surface area is 154 Å². The van der Waals surface area contributed by atoms with Crippen LogP contribution < -0.4 is 4.74 Å². The Bertz CT molecular complexity index is 895. The van der Waals surface area contributed by atoms with Crippen LogP contribution in [0.25, 0.3) is 11.3 Å². The van der Waals surface area contributed by atoms with E-state index in [-0.39, 0.29) is 31.5 Å². The number of carbonyl (C=O) groups is 1. The number of carbonyl (C=O) groups excluding carboxylic acids is 1. The molecule has 2 heterocycles. The summed E-state index contributed by atoms with van der Waals surface area (Å²) in [5.41, 5.74) is 0.896. The lowest BCUT2D eigenvalue weighted by atomic mass is 10.1. The smallest absolute Gasteiger partial charge is 0.260 e. The number of piperazine rings is 1. The fourth-order valence-electron chi connectivity index (χ4n) is 2.58. The number of amides is 1. The largest absolute Gasteiger partial charge is 0.465 e.